The Morgan fingerprint density at radius 3 is 2.60 bits per heavy atom. The van der Waals surface area contributed by atoms with E-state index in [0.29, 0.717) is 12.5 Å². The van der Waals surface area contributed by atoms with Crippen molar-refractivity contribution in [3.05, 3.63) is 71.3 Å². The first-order valence-electron chi connectivity index (χ1n) is 9.30. The van der Waals surface area contributed by atoms with E-state index >= 15 is 0 Å². The summed E-state index contributed by atoms with van der Waals surface area (Å²) in [4.78, 5) is 16.3. The monoisotopic (exact) mass is 337 g/mol. The Hall–Kier alpha value is -2.13. The predicted octanol–water partition coefficient (Wildman–Crippen LogP) is 2.45. The molecule has 0 aliphatic carbocycles. The fraction of sp³-hybridized carbons (Fsp3) is 0.409. The highest BCUT2D eigenvalue weighted by atomic mass is 16.2. The highest BCUT2D eigenvalue weighted by Gasteiger charge is 2.30. The fourth-order valence-corrected chi connectivity index (χ4v) is 3.85. The van der Waals surface area contributed by atoms with Crippen LogP contribution in [0, 0.1) is 12.8 Å². The molecule has 3 nitrogen and oxygen atoms in total. The molecule has 0 saturated carbocycles. The van der Waals surface area contributed by atoms with Gasteiger partial charge in [0.25, 0.3) is 0 Å². The Morgan fingerprint density at radius 2 is 1.84 bits per heavy atom. The van der Waals surface area contributed by atoms with Crippen molar-refractivity contribution in [2.75, 3.05) is 20.1 Å². The van der Waals surface area contributed by atoms with Crippen LogP contribution in [0.5, 0.6) is 0 Å². The molecule has 1 fully saturated rings. The van der Waals surface area contributed by atoms with Crippen molar-refractivity contribution in [3.8, 4) is 0 Å². The number of likely N-dealkylation sites (tertiary alicyclic amines) is 1. The number of amides is 1. The van der Waals surface area contributed by atoms with Gasteiger partial charge in [-0.25, -0.2) is 0 Å². The van der Waals surface area contributed by atoms with Crippen LogP contribution in [0.1, 0.15) is 29.5 Å². The zero-order valence-corrected chi connectivity index (χ0v) is 15.4. The van der Waals surface area contributed by atoms with E-state index < -0.39 is 0 Å². The van der Waals surface area contributed by atoms with Crippen LogP contribution >= 0.6 is 0 Å². The smallest absolute Gasteiger partial charge is 0.231 e. The molecule has 3 rings (SSSR count). The largest absolute Gasteiger partial charge is 0.341 e. The number of nitrogens with one attached hydrogen (secondary N) is 1. The van der Waals surface area contributed by atoms with Gasteiger partial charge in [0, 0.05) is 19.2 Å². The number of quaternary nitrogens is 1. The Morgan fingerprint density at radius 1 is 1.12 bits per heavy atom. The second-order valence-corrected chi connectivity index (χ2v) is 7.33. The van der Waals surface area contributed by atoms with E-state index in [-0.39, 0.29) is 5.92 Å². The molecule has 1 heterocycles. The number of benzene rings is 2. The van der Waals surface area contributed by atoms with Crippen molar-refractivity contribution >= 4 is 5.91 Å². The van der Waals surface area contributed by atoms with E-state index in [1.165, 1.54) is 28.1 Å². The molecule has 1 N–H and O–H groups in total. The van der Waals surface area contributed by atoms with Gasteiger partial charge in [0.2, 0.25) is 5.91 Å². The van der Waals surface area contributed by atoms with Gasteiger partial charge in [0.1, 0.15) is 6.54 Å². The second kappa shape index (κ2) is 8.30. The number of piperidine rings is 1. The van der Waals surface area contributed by atoms with Gasteiger partial charge in [0.15, 0.2) is 0 Å². The summed E-state index contributed by atoms with van der Waals surface area (Å²) in [6.45, 7) is 6.02. The lowest BCUT2D eigenvalue weighted by molar-refractivity contribution is -0.921. The van der Waals surface area contributed by atoms with Gasteiger partial charge >= 0.3 is 0 Å². The van der Waals surface area contributed by atoms with Crippen molar-refractivity contribution in [2.45, 2.75) is 32.9 Å². The number of aryl methyl sites for hydroxylation is 1. The van der Waals surface area contributed by atoms with E-state index in [4.69, 9.17) is 0 Å². The number of hydrogen-bond acceptors (Lipinski definition) is 1. The van der Waals surface area contributed by atoms with Crippen LogP contribution in [0.15, 0.2) is 54.6 Å². The summed E-state index contributed by atoms with van der Waals surface area (Å²) in [6.07, 6.45) is 2.16. The summed E-state index contributed by atoms with van der Waals surface area (Å²) in [5.41, 5.74) is 3.95. The topological polar surface area (TPSA) is 24.8 Å². The van der Waals surface area contributed by atoms with Gasteiger partial charge in [-0.1, -0.05) is 54.6 Å². The number of carbonyl (C=O) groups is 1. The molecule has 0 aromatic heterocycles. The van der Waals surface area contributed by atoms with E-state index in [1.807, 2.05) is 30.1 Å². The standard InChI is InChI=1S/C22H28N2O/c1-18-9-6-7-12-20(18)16-24-14-8-13-21(17-24)22(25)23(2)15-19-10-4-3-5-11-19/h3-7,9-12,21H,8,13-17H2,1-2H3/p+1/t21-/m0/s1. The first-order valence-corrected chi connectivity index (χ1v) is 9.30. The lowest BCUT2D eigenvalue weighted by Crippen LogP contribution is -3.12. The van der Waals surface area contributed by atoms with Gasteiger partial charge in [-0.05, 0) is 30.9 Å². The Bertz CT molecular complexity index is 698. The molecule has 1 aliphatic rings. The molecule has 25 heavy (non-hydrogen) atoms. The third kappa shape index (κ3) is 4.70. The van der Waals surface area contributed by atoms with Gasteiger partial charge < -0.3 is 9.80 Å². The SMILES string of the molecule is Cc1ccccc1C[NH+]1CCC[C@H](C(=O)N(C)Cc2ccccc2)C1. The molecule has 1 saturated heterocycles. The van der Waals surface area contributed by atoms with Gasteiger partial charge in [-0.15, -0.1) is 0 Å². The lowest BCUT2D eigenvalue weighted by Gasteiger charge is -2.32. The van der Waals surface area contributed by atoms with Crippen molar-refractivity contribution in [3.63, 3.8) is 0 Å². The summed E-state index contributed by atoms with van der Waals surface area (Å²) in [7, 11) is 1.94. The minimum atomic E-state index is 0.154. The van der Waals surface area contributed by atoms with Crippen LogP contribution in [0.4, 0.5) is 0 Å². The van der Waals surface area contributed by atoms with Crippen molar-refractivity contribution in [2.24, 2.45) is 5.92 Å². The van der Waals surface area contributed by atoms with Crippen LogP contribution in [-0.4, -0.2) is 30.9 Å². The predicted molar refractivity (Wildman–Crippen MR) is 101 cm³/mol. The molecule has 2 atom stereocenters. The number of hydrogen-bond donors (Lipinski definition) is 1. The van der Waals surface area contributed by atoms with Crippen LogP contribution in [0.25, 0.3) is 0 Å². The summed E-state index contributed by atoms with van der Waals surface area (Å²) in [5, 5.41) is 0. The van der Waals surface area contributed by atoms with Gasteiger partial charge in [0.05, 0.1) is 19.0 Å². The summed E-state index contributed by atoms with van der Waals surface area (Å²) in [6, 6.07) is 18.8. The van der Waals surface area contributed by atoms with E-state index in [0.717, 1.165) is 25.9 Å². The molecule has 0 bridgehead atoms. The Labute approximate surface area is 151 Å². The minimum Gasteiger partial charge on any atom is -0.341 e. The highest BCUT2D eigenvalue weighted by Crippen LogP contribution is 2.14. The molecule has 1 amide bonds. The summed E-state index contributed by atoms with van der Waals surface area (Å²) >= 11 is 0. The molecular weight excluding hydrogens is 308 g/mol. The second-order valence-electron chi connectivity index (χ2n) is 7.33. The van der Waals surface area contributed by atoms with Crippen molar-refractivity contribution in [1.82, 2.24) is 4.90 Å². The van der Waals surface area contributed by atoms with Crippen LogP contribution < -0.4 is 4.90 Å². The third-order valence-corrected chi connectivity index (χ3v) is 5.31. The Kier molecular flexibility index (Phi) is 5.87. The molecular formula is C22H29N2O+. The third-order valence-electron chi connectivity index (χ3n) is 5.31. The van der Waals surface area contributed by atoms with Gasteiger partial charge in [-0.3, -0.25) is 4.79 Å². The van der Waals surface area contributed by atoms with Crippen molar-refractivity contribution in [1.29, 1.82) is 0 Å². The molecule has 132 valence electrons. The maximum atomic E-state index is 12.9. The molecule has 1 unspecified atom stereocenters. The highest BCUT2D eigenvalue weighted by molar-refractivity contribution is 5.78. The van der Waals surface area contributed by atoms with E-state index in [9.17, 15) is 4.79 Å². The van der Waals surface area contributed by atoms with E-state index in [2.05, 4.69) is 43.3 Å². The molecule has 2 aromatic rings. The minimum absolute atomic E-state index is 0.154. The molecule has 3 heteroatoms. The average Bonchev–Trinajstić information content (AvgIpc) is 2.64. The maximum absolute atomic E-state index is 12.9. The zero-order chi connectivity index (χ0) is 17.6. The summed E-state index contributed by atoms with van der Waals surface area (Å²) in [5.74, 6) is 0.451. The quantitative estimate of drug-likeness (QED) is 0.891. The average molecular weight is 337 g/mol. The summed E-state index contributed by atoms with van der Waals surface area (Å²) < 4.78 is 0. The molecule has 2 aromatic carbocycles. The van der Waals surface area contributed by atoms with Crippen molar-refractivity contribution < 1.29 is 9.69 Å². The Balaban J connectivity index is 1.58. The molecule has 1 aliphatic heterocycles. The number of rotatable bonds is 5. The van der Waals surface area contributed by atoms with Crippen LogP contribution in [0.2, 0.25) is 0 Å². The molecule has 0 radical (unpaired) electrons. The lowest BCUT2D eigenvalue weighted by atomic mass is 9.95. The van der Waals surface area contributed by atoms with Gasteiger partial charge in [-0.2, -0.15) is 0 Å². The number of nitrogens with zero attached hydrogens (tertiary/aromatic N) is 1. The zero-order valence-electron chi connectivity index (χ0n) is 15.4. The first-order chi connectivity index (χ1) is 12.1. The van der Waals surface area contributed by atoms with Crippen LogP contribution in [0.3, 0.4) is 0 Å². The maximum Gasteiger partial charge on any atom is 0.231 e. The first kappa shape index (κ1) is 17.7. The fourth-order valence-electron chi connectivity index (χ4n) is 3.85. The molecule has 0 spiro atoms. The normalized spacial score (nSPS) is 20.2. The van der Waals surface area contributed by atoms with E-state index in [1.54, 1.807) is 0 Å². The van der Waals surface area contributed by atoms with Crippen LogP contribution in [-0.2, 0) is 17.9 Å². The number of carbonyl (C=O) groups excluding carboxylic acids is 1.